The number of hydrogen-bond acceptors (Lipinski definition) is 5. The normalized spacial score (nSPS) is 19.7. The van der Waals surface area contributed by atoms with Gasteiger partial charge >= 0.3 is 0 Å². The first-order valence-corrected chi connectivity index (χ1v) is 9.66. The summed E-state index contributed by atoms with van der Waals surface area (Å²) in [5.41, 5.74) is 4.38. The Morgan fingerprint density at radius 2 is 1.52 bits per heavy atom. The summed E-state index contributed by atoms with van der Waals surface area (Å²) < 4.78 is 16.9. The second kappa shape index (κ2) is 7.17. The van der Waals surface area contributed by atoms with Crippen molar-refractivity contribution in [2.75, 3.05) is 14.2 Å². The molecule has 0 saturated carbocycles. The van der Waals surface area contributed by atoms with E-state index in [4.69, 9.17) is 19.3 Å². The highest BCUT2D eigenvalue weighted by molar-refractivity contribution is 6.01. The number of rotatable bonds is 4. The lowest BCUT2D eigenvalue weighted by atomic mass is 9.95. The van der Waals surface area contributed by atoms with E-state index in [-0.39, 0.29) is 12.3 Å². The second-order valence-electron chi connectivity index (χ2n) is 7.15. The summed E-state index contributed by atoms with van der Waals surface area (Å²) >= 11 is 0. The van der Waals surface area contributed by atoms with Crippen LogP contribution in [0.5, 0.6) is 17.2 Å². The molecule has 0 aromatic heterocycles. The monoisotopic (exact) mass is 386 g/mol. The third-order valence-corrected chi connectivity index (χ3v) is 5.50. The third-order valence-electron chi connectivity index (χ3n) is 5.50. The maximum atomic E-state index is 6.31. The Balaban J connectivity index is 1.55. The van der Waals surface area contributed by atoms with Gasteiger partial charge in [0, 0.05) is 5.56 Å². The Hall–Kier alpha value is -3.47. The number of methoxy groups -OCH3 is 2. The molecule has 5 nitrogen and oxygen atoms in total. The maximum Gasteiger partial charge on any atom is 0.193 e. The van der Waals surface area contributed by atoms with Crippen LogP contribution in [0.1, 0.15) is 29.2 Å². The van der Waals surface area contributed by atoms with Gasteiger partial charge < -0.3 is 14.2 Å². The zero-order valence-electron chi connectivity index (χ0n) is 16.4. The van der Waals surface area contributed by atoms with E-state index in [0.717, 1.165) is 46.1 Å². The van der Waals surface area contributed by atoms with Gasteiger partial charge in [-0.1, -0.05) is 30.3 Å². The highest BCUT2D eigenvalue weighted by Crippen LogP contribution is 2.44. The molecule has 5 heteroatoms. The molecule has 0 aliphatic carbocycles. The quantitative estimate of drug-likeness (QED) is 0.656. The highest BCUT2D eigenvalue weighted by Gasteiger charge is 2.40. The molecule has 2 atom stereocenters. The molecule has 0 bridgehead atoms. The van der Waals surface area contributed by atoms with E-state index in [2.05, 4.69) is 23.2 Å². The van der Waals surface area contributed by atoms with Crippen molar-refractivity contribution < 1.29 is 14.2 Å². The lowest BCUT2D eigenvalue weighted by Crippen LogP contribution is -2.39. The molecule has 0 spiro atoms. The van der Waals surface area contributed by atoms with Crippen LogP contribution in [0.2, 0.25) is 0 Å². The van der Waals surface area contributed by atoms with E-state index >= 15 is 0 Å². The first-order valence-electron chi connectivity index (χ1n) is 9.66. The number of benzene rings is 3. The van der Waals surface area contributed by atoms with E-state index in [1.165, 1.54) is 0 Å². The first-order chi connectivity index (χ1) is 14.3. The fourth-order valence-electron chi connectivity index (χ4n) is 4.00. The van der Waals surface area contributed by atoms with Crippen molar-refractivity contribution in [2.24, 2.45) is 5.10 Å². The molecule has 29 heavy (non-hydrogen) atoms. The van der Waals surface area contributed by atoms with Crippen molar-refractivity contribution in [1.29, 1.82) is 0 Å². The van der Waals surface area contributed by atoms with Gasteiger partial charge in [0.05, 0.1) is 26.4 Å². The zero-order valence-corrected chi connectivity index (χ0v) is 16.4. The van der Waals surface area contributed by atoms with Gasteiger partial charge in [0.25, 0.3) is 0 Å². The summed E-state index contributed by atoms with van der Waals surface area (Å²) in [7, 11) is 3.35. The number of nitrogens with zero attached hydrogens (tertiary/aromatic N) is 2. The predicted molar refractivity (Wildman–Crippen MR) is 112 cm³/mol. The second-order valence-corrected chi connectivity index (χ2v) is 7.15. The van der Waals surface area contributed by atoms with Crippen LogP contribution in [0.25, 0.3) is 0 Å². The summed E-state index contributed by atoms with van der Waals surface area (Å²) in [6.07, 6.45) is 0.599. The average molecular weight is 386 g/mol. The van der Waals surface area contributed by atoms with Crippen LogP contribution >= 0.6 is 0 Å². The van der Waals surface area contributed by atoms with Gasteiger partial charge in [-0.15, -0.1) is 0 Å². The Morgan fingerprint density at radius 3 is 2.21 bits per heavy atom. The molecule has 2 unspecified atom stereocenters. The molecular weight excluding hydrogens is 364 g/mol. The standard InChI is InChI=1S/C24H22N2O3/c1-27-18-11-7-16(8-12-18)21-15-23-26(25-21)24(17-9-13-19(28-2)14-10-17)20-5-3-4-6-22(20)29-23/h3-14,23-24H,15H2,1-2H3. The van der Waals surface area contributed by atoms with Crippen molar-refractivity contribution in [2.45, 2.75) is 18.7 Å². The topological polar surface area (TPSA) is 43.3 Å². The Kier molecular flexibility index (Phi) is 4.35. The molecule has 5 rings (SSSR count). The van der Waals surface area contributed by atoms with Gasteiger partial charge in [-0.25, -0.2) is 5.01 Å². The van der Waals surface area contributed by atoms with Gasteiger partial charge in [0.1, 0.15) is 23.3 Å². The molecule has 0 amide bonds. The van der Waals surface area contributed by atoms with Crippen LogP contribution in [0.4, 0.5) is 0 Å². The highest BCUT2D eigenvalue weighted by atomic mass is 16.5. The minimum Gasteiger partial charge on any atom is -0.497 e. The van der Waals surface area contributed by atoms with Crippen LogP contribution in [0.3, 0.4) is 0 Å². The Bertz CT molecular complexity index is 1040. The molecular formula is C24H22N2O3. The van der Waals surface area contributed by atoms with E-state index in [1.54, 1.807) is 14.2 Å². The zero-order chi connectivity index (χ0) is 19.8. The molecule has 2 aliphatic heterocycles. The summed E-state index contributed by atoms with van der Waals surface area (Å²) in [4.78, 5) is 0. The minimum absolute atomic E-state index is 0.00777. The van der Waals surface area contributed by atoms with Crippen molar-refractivity contribution in [3.63, 3.8) is 0 Å². The maximum absolute atomic E-state index is 6.31. The molecule has 2 aliphatic rings. The number of fused-ring (bicyclic) bond motifs is 2. The van der Waals surface area contributed by atoms with Crippen LogP contribution in [-0.2, 0) is 0 Å². The third kappa shape index (κ3) is 3.09. The molecule has 0 radical (unpaired) electrons. The molecule has 0 N–H and O–H groups in total. The van der Waals surface area contributed by atoms with Crippen LogP contribution in [-0.4, -0.2) is 31.2 Å². The lowest BCUT2D eigenvalue weighted by molar-refractivity contribution is 0.00328. The van der Waals surface area contributed by atoms with Crippen molar-refractivity contribution in [3.8, 4) is 17.2 Å². The molecule has 3 aromatic rings. The molecule has 3 aromatic carbocycles. The van der Waals surface area contributed by atoms with Crippen LogP contribution in [0, 0.1) is 0 Å². The van der Waals surface area contributed by atoms with E-state index < -0.39 is 0 Å². The predicted octanol–water partition coefficient (Wildman–Crippen LogP) is 4.62. The van der Waals surface area contributed by atoms with E-state index in [0.29, 0.717) is 0 Å². The SMILES string of the molecule is COc1ccc(C2=NN3C(C2)Oc2ccccc2C3c2ccc(OC)cc2)cc1. The van der Waals surface area contributed by atoms with Gasteiger partial charge in [0.15, 0.2) is 6.23 Å². The van der Waals surface area contributed by atoms with Crippen molar-refractivity contribution in [3.05, 3.63) is 89.5 Å². The summed E-state index contributed by atoms with van der Waals surface area (Å²) in [6.45, 7) is 0. The lowest BCUT2D eigenvalue weighted by Gasteiger charge is -2.38. The minimum atomic E-state index is -0.130. The largest absolute Gasteiger partial charge is 0.497 e. The summed E-state index contributed by atoms with van der Waals surface area (Å²) in [5.74, 6) is 2.60. The number of hydrazone groups is 1. The van der Waals surface area contributed by atoms with Crippen molar-refractivity contribution in [1.82, 2.24) is 5.01 Å². The fourth-order valence-corrected chi connectivity index (χ4v) is 4.00. The number of ether oxygens (including phenoxy) is 3. The number of hydrogen-bond donors (Lipinski definition) is 0. The summed E-state index contributed by atoms with van der Waals surface area (Å²) in [5, 5.41) is 7.08. The van der Waals surface area contributed by atoms with Gasteiger partial charge in [-0.3, -0.25) is 0 Å². The van der Waals surface area contributed by atoms with Gasteiger partial charge in [0.2, 0.25) is 0 Å². The van der Waals surface area contributed by atoms with Gasteiger partial charge in [-0.05, 0) is 53.6 Å². The van der Waals surface area contributed by atoms with E-state index in [1.807, 2.05) is 54.6 Å². The molecule has 0 fully saturated rings. The van der Waals surface area contributed by atoms with Crippen LogP contribution < -0.4 is 14.2 Å². The number of para-hydroxylation sites is 1. The molecule has 0 saturated heterocycles. The van der Waals surface area contributed by atoms with Crippen molar-refractivity contribution >= 4 is 5.71 Å². The first kappa shape index (κ1) is 17.6. The van der Waals surface area contributed by atoms with Crippen LogP contribution in [0.15, 0.2) is 77.9 Å². The smallest absolute Gasteiger partial charge is 0.193 e. The van der Waals surface area contributed by atoms with Gasteiger partial charge in [-0.2, -0.15) is 5.10 Å². The molecule has 2 heterocycles. The fraction of sp³-hybridized carbons (Fsp3) is 0.208. The summed E-state index contributed by atoms with van der Waals surface area (Å²) in [6, 6.07) is 24.4. The average Bonchev–Trinajstić information content (AvgIpc) is 3.21. The Morgan fingerprint density at radius 1 is 0.862 bits per heavy atom. The molecule has 146 valence electrons. The van der Waals surface area contributed by atoms with E-state index in [9.17, 15) is 0 Å². The Labute approximate surface area is 170 Å².